The molecule has 0 amide bonds. The van der Waals surface area contributed by atoms with Crippen molar-refractivity contribution in [3.63, 3.8) is 0 Å². The van der Waals surface area contributed by atoms with Gasteiger partial charge in [-0.25, -0.2) is 15.0 Å². The smallest absolute Gasteiger partial charge is 0.164 e. The minimum Gasteiger partial charge on any atom is -0.208 e. The number of nitrogens with zero attached hydrogens (tertiary/aromatic N) is 3. The molecule has 6 aromatic rings. The Labute approximate surface area is 324 Å². The van der Waals surface area contributed by atoms with E-state index >= 15 is 0 Å². The number of allylic oxidation sites excluding steroid dienone is 13. The number of aromatic nitrogens is 3. The predicted molar refractivity (Wildman–Crippen MR) is 233 cm³/mol. The summed E-state index contributed by atoms with van der Waals surface area (Å²) in [5, 5.41) is 0. The van der Waals surface area contributed by atoms with Crippen molar-refractivity contribution in [1.82, 2.24) is 15.0 Å². The molecule has 1 heterocycles. The van der Waals surface area contributed by atoms with Gasteiger partial charge in [-0.1, -0.05) is 170 Å². The molecular weight excluding hydrogens is 667 g/mol. The number of benzene rings is 5. The molecule has 266 valence electrons. The van der Waals surface area contributed by atoms with Crippen molar-refractivity contribution in [3.8, 4) is 56.2 Å². The number of rotatable bonds is 10. The summed E-state index contributed by atoms with van der Waals surface area (Å²) in [6.45, 7) is 5.95. The van der Waals surface area contributed by atoms with Crippen molar-refractivity contribution in [2.24, 2.45) is 0 Å². The molecule has 1 aromatic heterocycles. The van der Waals surface area contributed by atoms with Gasteiger partial charge in [0.15, 0.2) is 17.5 Å². The Morgan fingerprint density at radius 3 is 1.78 bits per heavy atom. The third kappa shape index (κ3) is 7.83. The van der Waals surface area contributed by atoms with E-state index in [4.69, 9.17) is 15.0 Å². The summed E-state index contributed by atoms with van der Waals surface area (Å²) in [7, 11) is 0. The van der Waals surface area contributed by atoms with Crippen LogP contribution in [0, 0.1) is 0 Å². The van der Waals surface area contributed by atoms with Gasteiger partial charge < -0.3 is 0 Å². The van der Waals surface area contributed by atoms with E-state index in [1.807, 2.05) is 25.2 Å². The van der Waals surface area contributed by atoms with Crippen LogP contribution in [0.15, 0.2) is 189 Å². The van der Waals surface area contributed by atoms with Crippen LogP contribution in [-0.2, 0) is 0 Å². The van der Waals surface area contributed by atoms with Crippen LogP contribution in [-0.4, -0.2) is 15.0 Å². The monoisotopic (exact) mass is 709 g/mol. The molecule has 55 heavy (non-hydrogen) atoms. The lowest BCUT2D eigenvalue weighted by atomic mass is 9.83. The summed E-state index contributed by atoms with van der Waals surface area (Å²) in [5.41, 5.74) is 14.7. The fourth-order valence-electron chi connectivity index (χ4n) is 7.36. The van der Waals surface area contributed by atoms with E-state index in [9.17, 15) is 0 Å². The molecule has 8 rings (SSSR count). The Morgan fingerprint density at radius 2 is 1.13 bits per heavy atom. The maximum Gasteiger partial charge on any atom is 0.164 e. The van der Waals surface area contributed by atoms with E-state index in [1.165, 1.54) is 39.0 Å². The Morgan fingerprint density at radius 1 is 0.527 bits per heavy atom. The normalized spacial score (nSPS) is 14.2. The second-order valence-corrected chi connectivity index (χ2v) is 13.8. The fraction of sp³-hybridized carbons (Fsp3) is 0.0962. The zero-order chi connectivity index (χ0) is 37.4. The molecule has 0 saturated carbocycles. The predicted octanol–water partition coefficient (Wildman–Crippen LogP) is 13.8. The lowest BCUT2D eigenvalue weighted by molar-refractivity contribution is 1.01. The van der Waals surface area contributed by atoms with E-state index in [-0.39, 0.29) is 0 Å². The van der Waals surface area contributed by atoms with Crippen molar-refractivity contribution in [1.29, 1.82) is 0 Å². The van der Waals surface area contributed by atoms with Gasteiger partial charge in [-0.2, -0.15) is 0 Å². The van der Waals surface area contributed by atoms with Gasteiger partial charge in [0.1, 0.15) is 0 Å². The van der Waals surface area contributed by atoms with Crippen LogP contribution in [0.3, 0.4) is 0 Å². The highest BCUT2D eigenvalue weighted by molar-refractivity contribution is 5.97. The minimum absolute atomic E-state index is 0.644. The van der Waals surface area contributed by atoms with Crippen molar-refractivity contribution in [2.75, 3.05) is 0 Å². The highest BCUT2D eigenvalue weighted by atomic mass is 15.0. The van der Waals surface area contributed by atoms with Gasteiger partial charge >= 0.3 is 0 Å². The maximum absolute atomic E-state index is 5.12. The first kappa shape index (κ1) is 35.3. The number of hydrogen-bond donors (Lipinski definition) is 0. The first-order chi connectivity index (χ1) is 27.2. The molecule has 0 radical (unpaired) electrons. The molecule has 5 aromatic carbocycles. The summed E-state index contributed by atoms with van der Waals surface area (Å²) in [6.07, 6.45) is 25.5. The largest absolute Gasteiger partial charge is 0.208 e. The van der Waals surface area contributed by atoms with Crippen molar-refractivity contribution in [2.45, 2.75) is 32.6 Å². The molecule has 0 unspecified atom stereocenters. The third-order valence-electron chi connectivity index (χ3n) is 10.1. The van der Waals surface area contributed by atoms with E-state index in [0.717, 1.165) is 59.1 Å². The third-order valence-corrected chi connectivity index (χ3v) is 10.1. The fourth-order valence-corrected chi connectivity index (χ4v) is 7.36. The zero-order valence-corrected chi connectivity index (χ0v) is 31.2. The summed E-state index contributed by atoms with van der Waals surface area (Å²) in [6, 6.07) is 43.3. The van der Waals surface area contributed by atoms with Crippen LogP contribution >= 0.6 is 0 Å². The SMILES string of the molecule is C=C/C=C(\C=C/C)c1cccc(-c2nc(C3=CCCC=C3)nc(-c3ccc(-c4c(C5=CCCC=C5)cc(-c5ccccc5)cc4-c4ccccc4)cc3)n2)c1. The number of hydrogen-bond acceptors (Lipinski definition) is 3. The molecule has 3 heteroatoms. The van der Waals surface area contributed by atoms with Gasteiger partial charge in [-0.15, -0.1) is 0 Å². The second-order valence-electron chi connectivity index (χ2n) is 13.8. The molecule has 0 N–H and O–H groups in total. The molecular formula is C52H43N3. The highest BCUT2D eigenvalue weighted by Gasteiger charge is 2.19. The topological polar surface area (TPSA) is 38.7 Å². The van der Waals surface area contributed by atoms with Crippen molar-refractivity contribution >= 4 is 16.7 Å². The molecule has 3 nitrogen and oxygen atoms in total. The first-order valence-electron chi connectivity index (χ1n) is 19.1. The lowest BCUT2D eigenvalue weighted by Gasteiger charge is -2.20. The summed E-state index contributed by atoms with van der Waals surface area (Å²) in [4.78, 5) is 15.2. The van der Waals surface area contributed by atoms with E-state index in [1.54, 1.807) is 0 Å². The quantitative estimate of drug-likeness (QED) is 0.133. The van der Waals surface area contributed by atoms with Gasteiger partial charge in [0, 0.05) is 16.7 Å². The average Bonchev–Trinajstić information content (AvgIpc) is 3.27. The lowest BCUT2D eigenvalue weighted by Crippen LogP contribution is -2.03. The zero-order valence-electron chi connectivity index (χ0n) is 31.2. The second kappa shape index (κ2) is 16.5. The molecule has 0 atom stereocenters. The van der Waals surface area contributed by atoms with Crippen molar-refractivity contribution in [3.05, 3.63) is 206 Å². The van der Waals surface area contributed by atoms with E-state index < -0.39 is 0 Å². The van der Waals surface area contributed by atoms with Crippen LogP contribution in [0.4, 0.5) is 0 Å². The molecule has 0 bridgehead atoms. The van der Waals surface area contributed by atoms with Crippen molar-refractivity contribution < 1.29 is 0 Å². The van der Waals surface area contributed by atoms with E-state index in [0.29, 0.717) is 17.5 Å². The van der Waals surface area contributed by atoms with Crippen LogP contribution in [0.5, 0.6) is 0 Å². The van der Waals surface area contributed by atoms with Crippen LogP contribution < -0.4 is 0 Å². The Kier molecular flexibility index (Phi) is 10.6. The summed E-state index contributed by atoms with van der Waals surface area (Å²) >= 11 is 0. The molecule has 0 spiro atoms. The Balaban J connectivity index is 1.27. The van der Waals surface area contributed by atoms with Crippen LogP contribution in [0.25, 0.3) is 72.9 Å². The Hall–Kier alpha value is -6.71. The molecule has 0 fully saturated rings. The van der Waals surface area contributed by atoms with Gasteiger partial charge in [0.25, 0.3) is 0 Å². The van der Waals surface area contributed by atoms with E-state index in [2.05, 4.69) is 170 Å². The molecule has 2 aliphatic carbocycles. The van der Waals surface area contributed by atoms with Crippen LogP contribution in [0.1, 0.15) is 49.6 Å². The van der Waals surface area contributed by atoms with Gasteiger partial charge in [0.05, 0.1) is 0 Å². The molecule has 0 aliphatic heterocycles. The highest BCUT2D eigenvalue weighted by Crippen LogP contribution is 2.43. The maximum atomic E-state index is 5.12. The summed E-state index contributed by atoms with van der Waals surface area (Å²) < 4.78 is 0. The Bertz CT molecular complexity index is 2530. The standard InChI is InChI=1S/C52H43N3/c1-3-18-37(19-4-2)44-28-17-29-45(34-44)52-54-50(42-26-15-8-16-27-42)53-51(55-52)43-32-30-41(31-33-43)49-47(39-22-11-6-12-23-39)35-46(38-20-9-5-10-21-38)36-48(49)40-24-13-7-14-25-40/h3-6,9-13,15,17-36H,1,7-8,14,16H2,2H3/b19-4-,37-18+. The van der Waals surface area contributed by atoms with Gasteiger partial charge in [-0.05, 0) is 106 Å². The average molecular weight is 710 g/mol. The van der Waals surface area contributed by atoms with Gasteiger partial charge in [0.2, 0.25) is 0 Å². The first-order valence-corrected chi connectivity index (χ1v) is 19.1. The van der Waals surface area contributed by atoms with Crippen LogP contribution in [0.2, 0.25) is 0 Å². The van der Waals surface area contributed by atoms with Gasteiger partial charge in [-0.3, -0.25) is 0 Å². The molecule has 0 saturated heterocycles. The minimum atomic E-state index is 0.644. The molecule has 2 aliphatic rings. The summed E-state index contributed by atoms with van der Waals surface area (Å²) in [5.74, 6) is 1.97.